The number of hydrogen-bond donors (Lipinski definition) is 1. The quantitative estimate of drug-likeness (QED) is 0.669. The van der Waals surface area contributed by atoms with Gasteiger partial charge in [0.15, 0.2) is 5.65 Å². The van der Waals surface area contributed by atoms with Crippen LogP contribution in [-0.2, 0) is 12.8 Å². The van der Waals surface area contributed by atoms with Crippen LogP contribution in [0.5, 0.6) is 0 Å². The number of aromatic nitrogens is 3. The molecule has 4 heteroatoms. The molecule has 1 N–H and O–H groups in total. The van der Waals surface area contributed by atoms with Crippen molar-refractivity contribution in [2.75, 3.05) is 0 Å². The Balaban J connectivity index is 2.42. The number of nitrogens with one attached hydrogen (secondary N) is 1. The van der Waals surface area contributed by atoms with Crippen LogP contribution in [-0.4, -0.2) is 14.6 Å². The van der Waals surface area contributed by atoms with Crippen molar-refractivity contribution in [1.82, 2.24) is 14.6 Å². The lowest BCUT2D eigenvalue weighted by atomic mass is 9.97. The predicted octanol–water partition coefficient (Wildman–Crippen LogP) is 0.901. The third-order valence-corrected chi connectivity index (χ3v) is 2.81. The second kappa shape index (κ2) is 2.70. The molecule has 0 aromatic carbocycles. The fourth-order valence-corrected chi connectivity index (χ4v) is 2.09. The van der Waals surface area contributed by atoms with Crippen molar-refractivity contribution in [2.24, 2.45) is 0 Å². The zero-order chi connectivity index (χ0) is 9.54. The molecule has 0 radical (unpaired) electrons. The zero-order valence-corrected chi connectivity index (χ0v) is 7.79. The smallest absolute Gasteiger partial charge is 0.276 e. The fourth-order valence-electron chi connectivity index (χ4n) is 2.09. The molecule has 1 aliphatic rings. The van der Waals surface area contributed by atoms with Gasteiger partial charge in [-0.2, -0.15) is 0 Å². The van der Waals surface area contributed by atoms with Gasteiger partial charge in [-0.15, -0.1) is 0 Å². The van der Waals surface area contributed by atoms with Gasteiger partial charge in [-0.3, -0.25) is 9.89 Å². The predicted molar refractivity (Wildman–Crippen MR) is 52.5 cm³/mol. The third-order valence-electron chi connectivity index (χ3n) is 2.81. The maximum absolute atomic E-state index is 11.9. The van der Waals surface area contributed by atoms with Gasteiger partial charge in [0.25, 0.3) is 5.56 Å². The van der Waals surface area contributed by atoms with E-state index in [4.69, 9.17) is 0 Å². The minimum atomic E-state index is 0.0784. The Morgan fingerprint density at radius 1 is 1.36 bits per heavy atom. The van der Waals surface area contributed by atoms with Crippen LogP contribution in [0.25, 0.3) is 5.65 Å². The topological polar surface area (TPSA) is 50.2 Å². The van der Waals surface area contributed by atoms with Gasteiger partial charge in [0.1, 0.15) is 0 Å². The van der Waals surface area contributed by atoms with Crippen molar-refractivity contribution >= 4 is 5.65 Å². The maximum Gasteiger partial charge on any atom is 0.276 e. The summed E-state index contributed by atoms with van der Waals surface area (Å²) in [6.45, 7) is 0. The molecule has 0 unspecified atom stereocenters. The summed E-state index contributed by atoms with van der Waals surface area (Å²) in [7, 11) is 0. The second-order valence-electron chi connectivity index (χ2n) is 3.71. The van der Waals surface area contributed by atoms with Crippen molar-refractivity contribution in [1.29, 1.82) is 0 Å². The molecule has 0 atom stereocenters. The molecule has 0 spiro atoms. The molecule has 2 aromatic heterocycles. The van der Waals surface area contributed by atoms with Gasteiger partial charge in [-0.25, -0.2) is 9.50 Å². The highest BCUT2D eigenvalue weighted by Gasteiger charge is 2.16. The highest BCUT2D eigenvalue weighted by Crippen LogP contribution is 2.16. The van der Waals surface area contributed by atoms with Crippen LogP contribution in [0.2, 0.25) is 0 Å². The first kappa shape index (κ1) is 7.79. The Morgan fingerprint density at radius 3 is 3.14 bits per heavy atom. The van der Waals surface area contributed by atoms with E-state index < -0.39 is 0 Å². The lowest BCUT2D eigenvalue weighted by Crippen LogP contribution is -2.24. The van der Waals surface area contributed by atoms with Crippen LogP contribution in [0, 0.1) is 0 Å². The summed E-state index contributed by atoms with van der Waals surface area (Å²) in [5.74, 6) is 0. The number of aryl methyl sites for hydroxylation is 1. The molecule has 0 amide bonds. The van der Waals surface area contributed by atoms with E-state index in [1.165, 1.54) is 4.52 Å². The molecule has 4 nitrogen and oxygen atoms in total. The number of H-pyrrole nitrogens is 1. The first-order valence-corrected chi connectivity index (χ1v) is 4.94. The molecule has 0 saturated heterocycles. The summed E-state index contributed by atoms with van der Waals surface area (Å²) in [4.78, 5) is 16.4. The lowest BCUT2D eigenvalue weighted by molar-refractivity contribution is 0.651. The summed E-state index contributed by atoms with van der Waals surface area (Å²) in [5, 5.41) is 2.88. The monoisotopic (exact) mass is 189 g/mol. The minimum Gasteiger partial charge on any atom is -0.297 e. The summed E-state index contributed by atoms with van der Waals surface area (Å²) in [5.41, 5.74) is 2.71. The van der Waals surface area contributed by atoms with Crippen molar-refractivity contribution in [2.45, 2.75) is 25.7 Å². The third kappa shape index (κ3) is 0.937. The number of rotatable bonds is 0. The van der Waals surface area contributed by atoms with Crippen LogP contribution in [0.1, 0.15) is 24.1 Å². The molecule has 2 aromatic rings. The molecule has 3 rings (SSSR count). The van der Waals surface area contributed by atoms with Gasteiger partial charge in [0.05, 0.1) is 5.69 Å². The summed E-state index contributed by atoms with van der Waals surface area (Å²) in [6.07, 6.45) is 5.83. The molecular weight excluding hydrogens is 178 g/mol. The van der Waals surface area contributed by atoms with Crippen LogP contribution in [0.15, 0.2) is 17.1 Å². The number of hydrogen-bond acceptors (Lipinski definition) is 2. The van der Waals surface area contributed by atoms with Gasteiger partial charge in [-0.1, -0.05) is 0 Å². The molecule has 1 aliphatic carbocycles. The average molecular weight is 189 g/mol. The minimum absolute atomic E-state index is 0.0784. The molecule has 0 saturated carbocycles. The van der Waals surface area contributed by atoms with E-state index >= 15 is 0 Å². The highest BCUT2D eigenvalue weighted by molar-refractivity contribution is 5.39. The summed E-state index contributed by atoms with van der Waals surface area (Å²) in [6, 6.07) is 1.83. The van der Waals surface area contributed by atoms with Gasteiger partial charge in [0.2, 0.25) is 0 Å². The first-order chi connectivity index (χ1) is 6.86. The van der Waals surface area contributed by atoms with Crippen LogP contribution in [0.3, 0.4) is 0 Å². The average Bonchev–Trinajstić information content (AvgIpc) is 2.66. The normalized spacial score (nSPS) is 15.7. The second-order valence-corrected chi connectivity index (χ2v) is 3.71. The standard InChI is InChI=1S/C10H11N3O/c14-10-7-3-1-2-4-8(7)12-9-5-6-11-13(9)10/h5-6,11H,1-4H2. The Bertz CT molecular complexity index is 538. The van der Waals surface area contributed by atoms with E-state index in [-0.39, 0.29) is 5.56 Å². The Hall–Kier alpha value is -1.58. The Morgan fingerprint density at radius 2 is 2.21 bits per heavy atom. The largest absolute Gasteiger partial charge is 0.297 e. The van der Waals surface area contributed by atoms with Crippen LogP contribution in [0.4, 0.5) is 0 Å². The van der Waals surface area contributed by atoms with E-state index in [2.05, 4.69) is 10.1 Å². The summed E-state index contributed by atoms with van der Waals surface area (Å²) < 4.78 is 1.52. The van der Waals surface area contributed by atoms with Crippen LogP contribution >= 0.6 is 0 Å². The van der Waals surface area contributed by atoms with Crippen molar-refractivity contribution in [3.8, 4) is 0 Å². The van der Waals surface area contributed by atoms with E-state index in [1.54, 1.807) is 6.20 Å². The number of fused-ring (bicyclic) bond motifs is 2. The fraction of sp³-hybridized carbons (Fsp3) is 0.400. The number of nitrogens with zero attached hydrogens (tertiary/aromatic N) is 2. The summed E-state index contributed by atoms with van der Waals surface area (Å²) >= 11 is 0. The molecule has 0 aliphatic heterocycles. The molecule has 0 fully saturated rings. The molecule has 2 heterocycles. The lowest BCUT2D eigenvalue weighted by Gasteiger charge is -2.13. The molecule has 14 heavy (non-hydrogen) atoms. The number of aromatic amines is 1. The Kier molecular flexibility index (Phi) is 1.50. The van der Waals surface area contributed by atoms with Crippen molar-refractivity contribution in [3.05, 3.63) is 33.9 Å². The van der Waals surface area contributed by atoms with E-state index in [0.29, 0.717) is 0 Å². The van der Waals surface area contributed by atoms with E-state index in [9.17, 15) is 4.79 Å². The molecular formula is C10H11N3O. The van der Waals surface area contributed by atoms with Crippen molar-refractivity contribution < 1.29 is 0 Å². The SMILES string of the molecule is O=c1c2c(nc3cc[nH]n13)CCCC2. The Labute approximate surface area is 80.6 Å². The highest BCUT2D eigenvalue weighted by atomic mass is 16.1. The molecule has 0 bridgehead atoms. The van der Waals surface area contributed by atoms with Crippen molar-refractivity contribution in [3.63, 3.8) is 0 Å². The van der Waals surface area contributed by atoms with Gasteiger partial charge in [0, 0.05) is 17.8 Å². The van der Waals surface area contributed by atoms with E-state index in [0.717, 1.165) is 42.6 Å². The van der Waals surface area contributed by atoms with E-state index in [1.807, 2.05) is 6.07 Å². The maximum atomic E-state index is 11.9. The van der Waals surface area contributed by atoms with Crippen LogP contribution < -0.4 is 5.56 Å². The van der Waals surface area contributed by atoms with Gasteiger partial charge < -0.3 is 0 Å². The molecule has 72 valence electrons. The zero-order valence-electron chi connectivity index (χ0n) is 7.79. The van der Waals surface area contributed by atoms with Gasteiger partial charge >= 0.3 is 0 Å². The van der Waals surface area contributed by atoms with Gasteiger partial charge in [-0.05, 0) is 25.7 Å². The first-order valence-electron chi connectivity index (χ1n) is 4.94.